The zero-order valence-electron chi connectivity index (χ0n) is 21.6. The molecule has 0 saturated carbocycles. The Balaban J connectivity index is 1.82. The van der Waals surface area contributed by atoms with Crippen LogP contribution in [0.1, 0.15) is 117 Å². The second-order valence-electron chi connectivity index (χ2n) is 9.23. The van der Waals surface area contributed by atoms with Gasteiger partial charge in [-0.15, -0.1) is 22.7 Å². The highest BCUT2D eigenvalue weighted by molar-refractivity contribution is 7.63. The molecule has 2 aromatic heterocycles. The van der Waals surface area contributed by atoms with Crippen LogP contribution >= 0.6 is 30.3 Å². The Morgan fingerprint density at radius 1 is 0.647 bits per heavy atom. The standard InChI is InChI=1S/C28H47O3PS2/c1-3-5-7-9-11-13-15-17-22-30-32(29,31-23-18-16-14-12-10-8-6-4-2)26-21-25-34-28(26)27-20-19-24-33-27/h19-21,24-25H,3-18,22-23H2,1-2H3. The molecule has 0 aliphatic heterocycles. The molecule has 0 unspecified atom stereocenters. The van der Waals surface area contributed by atoms with Gasteiger partial charge in [0.1, 0.15) is 0 Å². The van der Waals surface area contributed by atoms with Crippen LogP contribution in [0.3, 0.4) is 0 Å². The fourth-order valence-corrected chi connectivity index (χ4v) is 8.20. The first-order valence-electron chi connectivity index (χ1n) is 13.7. The van der Waals surface area contributed by atoms with Gasteiger partial charge in [0.05, 0.1) is 23.4 Å². The summed E-state index contributed by atoms with van der Waals surface area (Å²) >= 11 is 3.30. The molecule has 2 rings (SSSR count). The van der Waals surface area contributed by atoms with Gasteiger partial charge in [-0.2, -0.15) is 0 Å². The normalized spacial score (nSPS) is 11.9. The van der Waals surface area contributed by atoms with Crippen molar-refractivity contribution in [2.75, 3.05) is 13.2 Å². The third-order valence-corrected chi connectivity index (χ3v) is 10.3. The molecule has 2 heterocycles. The lowest BCUT2D eigenvalue weighted by molar-refractivity contribution is 0.206. The zero-order chi connectivity index (χ0) is 24.3. The van der Waals surface area contributed by atoms with E-state index in [1.807, 2.05) is 17.5 Å². The largest absolute Gasteiger partial charge is 0.362 e. The Bertz CT molecular complexity index is 746. The third-order valence-electron chi connectivity index (χ3n) is 6.20. The lowest BCUT2D eigenvalue weighted by atomic mass is 10.1. The summed E-state index contributed by atoms with van der Waals surface area (Å²) in [6.07, 6.45) is 19.8. The van der Waals surface area contributed by atoms with E-state index in [1.54, 1.807) is 22.7 Å². The minimum atomic E-state index is -3.33. The van der Waals surface area contributed by atoms with Crippen molar-refractivity contribution in [1.29, 1.82) is 0 Å². The molecule has 0 aliphatic rings. The highest BCUT2D eigenvalue weighted by Gasteiger charge is 2.32. The summed E-state index contributed by atoms with van der Waals surface area (Å²) < 4.78 is 26.1. The van der Waals surface area contributed by atoms with E-state index in [4.69, 9.17) is 9.05 Å². The van der Waals surface area contributed by atoms with E-state index in [9.17, 15) is 4.57 Å². The zero-order valence-corrected chi connectivity index (χ0v) is 24.1. The van der Waals surface area contributed by atoms with Gasteiger partial charge in [-0.05, 0) is 35.7 Å². The predicted molar refractivity (Wildman–Crippen MR) is 152 cm³/mol. The summed E-state index contributed by atoms with van der Waals surface area (Å²) in [5, 5.41) is 4.82. The summed E-state index contributed by atoms with van der Waals surface area (Å²) in [5.41, 5.74) is 0. The molecule has 0 aliphatic carbocycles. The van der Waals surface area contributed by atoms with Crippen LogP contribution in [0.15, 0.2) is 29.0 Å². The summed E-state index contributed by atoms with van der Waals surface area (Å²) in [5.74, 6) is 0. The second-order valence-corrected chi connectivity index (χ2v) is 13.1. The highest BCUT2D eigenvalue weighted by Crippen LogP contribution is 2.51. The van der Waals surface area contributed by atoms with Crippen molar-refractivity contribution in [3.05, 3.63) is 29.0 Å². The fraction of sp³-hybridized carbons (Fsp3) is 0.714. The summed E-state index contributed by atoms with van der Waals surface area (Å²) in [4.78, 5) is 2.17. The average Bonchev–Trinajstić information content (AvgIpc) is 3.54. The third kappa shape index (κ3) is 11.5. The maximum Gasteiger partial charge on any atom is 0.362 e. The molecule has 3 nitrogen and oxygen atoms in total. The van der Waals surface area contributed by atoms with Crippen molar-refractivity contribution in [2.24, 2.45) is 0 Å². The van der Waals surface area contributed by atoms with Crippen LogP contribution in [0.2, 0.25) is 0 Å². The molecule has 2 aromatic rings. The minimum Gasteiger partial charge on any atom is -0.305 e. The van der Waals surface area contributed by atoms with E-state index < -0.39 is 7.60 Å². The Morgan fingerprint density at radius 2 is 1.15 bits per heavy atom. The lowest BCUT2D eigenvalue weighted by Gasteiger charge is -2.19. The monoisotopic (exact) mass is 526 g/mol. The molecule has 6 heteroatoms. The highest BCUT2D eigenvalue weighted by atomic mass is 32.1. The molecule has 0 aromatic carbocycles. The van der Waals surface area contributed by atoms with Gasteiger partial charge in [0, 0.05) is 4.88 Å². The Morgan fingerprint density at radius 3 is 1.62 bits per heavy atom. The molecule has 194 valence electrons. The maximum atomic E-state index is 14.0. The number of hydrogen-bond donors (Lipinski definition) is 0. The number of rotatable bonds is 22. The lowest BCUT2D eigenvalue weighted by Crippen LogP contribution is -2.12. The van der Waals surface area contributed by atoms with E-state index in [2.05, 4.69) is 25.3 Å². The molecule has 0 N–H and O–H groups in total. The van der Waals surface area contributed by atoms with Crippen molar-refractivity contribution >= 4 is 35.6 Å². The Kier molecular flexibility index (Phi) is 16.4. The van der Waals surface area contributed by atoms with Crippen LogP contribution in [0.25, 0.3) is 9.75 Å². The van der Waals surface area contributed by atoms with Gasteiger partial charge in [0.2, 0.25) is 0 Å². The van der Waals surface area contributed by atoms with E-state index in [0.717, 1.165) is 40.7 Å². The van der Waals surface area contributed by atoms with Crippen LogP contribution in [-0.2, 0) is 13.6 Å². The van der Waals surface area contributed by atoms with Gasteiger partial charge in [0.25, 0.3) is 0 Å². The number of unbranched alkanes of at least 4 members (excludes halogenated alkanes) is 14. The molecule has 0 amide bonds. The van der Waals surface area contributed by atoms with Gasteiger partial charge in [-0.1, -0.05) is 110 Å². The van der Waals surface area contributed by atoms with Crippen LogP contribution in [0.5, 0.6) is 0 Å². The van der Waals surface area contributed by atoms with Crippen molar-refractivity contribution in [3.8, 4) is 9.75 Å². The average molecular weight is 527 g/mol. The molecule has 0 fully saturated rings. The second kappa shape index (κ2) is 18.8. The van der Waals surface area contributed by atoms with Crippen LogP contribution in [-0.4, -0.2) is 13.2 Å². The van der Waals surface area contributed by atoms with Gasteiger partial charge in [-0.3, -0.25) is 4.57 Å². The van der Waals surface area contributed by atoms with E-state index in [0.29, 0.717) is 13.2 Å². The van der Waals surface area contributed by atoms with Crippen LogP contribution < -0.4 is 5.30 Å². The molecular formula is C28H47O3PS2. The van der Waals surface area contributed by atoms with E-state index in [-0.39, 0.29) is 0 Å². The van der Waals surface area contributed by atoms with Crippen LogP contribution in [0.4, 0.5) is 0 Å². The smallest absolute Gasteiger partial charge is 0.305 e. The quantitative estimate of drug-likeness (QED) is 0.113. The Hall–Kier alpha value is -0.450. The molecule has 34 heavy (non-hydrogen) atoms. The van der Waals surface area contributed by atoms with Gasteiger partial charge in [-0.25, -0.2) is 0 Å². The molecule has 0 spiro atoms. The SMILES string of the molecule is CCCCCCCCCCOP(=O)(OCCCCCCCCCC)c1ccsc1-c1cccs1. The molecular weight excluding hydrogens is 479 g/mol. The van der Waals surface area contributed by atoms with Gasteiger partial charge >= 0.3 is 7.60 Å². The first kappa shape index (κ1) is 29.8. The fourth-order valence-electron chi connectivity index (χ4n) is 4.13. The van der Waals surface area contributed by atoms with Crippen molar-refractivity contribution in [3.63, 3.8) is 0 Å². The van der Waals surface area contributed by atoms with Crippen molar-refractivity contribution in [2.45, 2.75) is 117 Å². The Labute approximate surface area is 217 Å². The molecule has 0 bridgehead atoms. The van der Waals surface area contributed by atoms with E-state index in [1.165, 1.54) is 77.0 Å². The minimum absolute atomic E-state index is 0.503. The molecule has 0 radical (unpaired) electrons. The first-order chi connectivity index (χ1) is 16.7. The van der Waals surface area contributed by atoms with Crippen molar-refractivity contribution in [1.82, 2.24) is 0 Å². The van der Waals surface area contributed by atoms with Crippen LogP contribution in [0, 0.1) is 0 Å². The summed E-state index contributed by atoms with van der Waals surface area (Å²) in [7, 11) is -3.33. The predicted octanol–water partition coefficient (Wildman–Crippen LogP) is 10.6. The summed E-state index contributed by atoms with van der Waals surface area (Å²) in [6, 6.07) is 6.07. The molecule has 0 saturated heterocycles. The maximum absolute atomic E-state index is 14.0. The van der Waals surface area contributed by atoms with Gasteiger partial charge < -0.3 is 9.05 Å². The van der Waals surface area contributed by atoms with Crippen molar-refractivity contribution < 1.29 is 13.6 Å². The first-order valence-corrected chi connectivity index (χ1v) is 17.0. The topological polar surface area (TPSA) is 35.5 Å². The number of hydrogen-bond acceptors (Lipinski definition) is 5. The molecule has 0 atom stereocenters. The number of thiophene rings is 2. The van der Waals surface area contributed by atoms with E-state index >= 15 is 0 Å². The van der Waals surface area contributed by atoms with Gasteiger partial charge in [0.15, 0.2) is 0 Å². The summed E-state index contributed by atoms with van der Waals surface area (Å²) in [6.45, 7) is 5.51.